The Labute approximate surface area is 105 Å². The van der Waals surface area contributed by atoms with Crippen LogP contribution in [0.1, 0.15) is 51.9 Å². The molecule has 2 fully saturated rings. The second-order valence-electron chi connectivity index (χ2n) is 5.82. The van der Waals surface area contributed by atoms with Crippen molar-refractivity contribution in [3.05, 3.63) is 0 Å². The SMILES string of the molecule is CC(NCC(=O)NCC1CC1)C1CCCCC1. The fourth-order valence-corrected chi connectivity index (χ4v) is 2.70. The van der Waals surface area contributed by atoms with Crippen molar-refractivity contribution in [2.24, 2.45) is 11.8 Å². The van der Waals surface area contributed by atoms with E-state index in [4.69, 9.17) is 0 Å². The lowest BCUT2D eigenvalue weighted by molar-refractivity contribution is -0.120. The Kier molecular flexibility index (Phi) is 4.84. The van der Waals surface area contributed by atoms with Gasteiger partial charge in [0.2, 0.25) is 5.91 Å². The molecule has 0 heterocycles. The molecule has 0 bridgehead atoms. The Hall–Kier alpha value is -0.570. The van der Waals surface area contributed by atoms with E-state index in [0.717, 1.165) is 18.4 Å². The van der Waals surface area contributed by atoms with Crippen LogP contribution in [0.4, 0.5) is 0 Å². The summed E-state index contributed by atoms with van der Waals surface area (Å²) in [6, 6.07) is 0.488. The molecule has 1 atom stereocenters. The number of carbonyl (C=O) groups excluding carboxylic acids is 1. The van der Waals surface area contributed by atoms with Crippen molar-refractivity contribution in [3.8, 4) is 0 Å². The smallest absolute Gasteiger partial charge is 0.233 e. The average Bonchev–Trinajstić information content (AvgIpc) is 3.18. The summed E-state index contributed by atoms with van der Waals surface area (Å²) in [7, 11) is 0. The maximum Gasteiger partial charge on any atom is 0.233 e. The summed E-state index contributed by atoms with van der Waals surface area (Å²) in [5, 5.41) is 6.39. The van der Waals surface area contributed by atoms with Crippen molar-refractivity contribution in [2.75, 3.05) is 13.1 Å². The van der Waals surface area contributed by atoms with Gasteiger partial charge in [-0.2, -0.15) is 0 Å². The van der Waals surface area contributed by atoms with Gasteiger partial charge >= 0.3 is 0 Å². The van der Waals surface area contributed by atoms with Gasteiger partial charge in [-0.1, -0.05) is 19.3 Å². The topological polar surface area (TPSA) is 41.1 Å². The highest BCUT2D eigenvalue weighted by molar-refractivity contribution is 5.78. The molecule has 2 aliphatic carbocycles. The molecule has 0 radical (unpaired) electrons. The van der Waals surface area contributed by atoms with E-state index in [1.165, 1.54) is 44.9 Å². The third-order valence-corrected chi connectivity index (χ3v) is 4.23. The summed E-state index contributed by atoms with van der Waals surface area (Å²) in [4.78, 5) is 11.6. The van der Waals surface area contributed by atoms with E-state index < -0.39 is 0 Å². The minimum atomic E-state index is 0.166. The van der Waals surface area contributed by atoms with Crippen LogP contribution in [0.2, 0.25) is 0 Å². The Morgan fingerprint density at radius 1 is 1.18 bits per heavy atom. The molecular weight excluding hydrogens is 212 g/mol. The van der Waals surface area contributed by atoms with Gasteiger partial charge in [0.1, 0.15) is 0 Å². The maximum atomic E-state index is 11.6. The molecule has 0 saturated heterocycles. The van der Waals surface area contributed by atoms with Gasteiger partial charge in [-0.25, -0.2) is 0 Å². The molecule has 2 rings (SSSR count). The first-order valence-corrected chi connectivity index (χ1v) is 7.26. The summed E-state index contributed by atoms with van der Waals surface area (Å²) < 4.78 is 0. The van der Waals surface area contributed by atoms with Crippen LogP contribution in [0.25, 0.3) is 0 Å². The van der Waals surface area contributed by atoms with Gasteiger partial charge in [0.05, 0.1) is 6.54 Å². The van der Waals surface area contributed by atoms with Gasteiger partial charge in [0, 0.05) is 12.6 Å². The van der Waals surface area contributed by atoms with Crippen LogP contribution in [0.15, 0.2) is 0 Å². The van der Waals surface area contributed by atoms with E-state index in [1.54, 1.807) is 0 Å². The predicted molar refractivity (Wildman–Crippen MR) is 69.8 cm³/mol. The molecule has 3 nitrogen and oxygen atoms in total. The lowest BCUT2D eigenvalue weighted by Gasteiger charge is -2.28. The second kappa shape index (κ2) is 6.39. The van der Waals surface area contributed by atoms with Gasteiger partial charge in [-0.05, 0) is 44.4 Å². The van der Waals surface area contributed by atoms with Gasteiger partial charge in [-0.15, -0.1) is 0 Å². The van der Waals surface area contributed by atoms with Crippen molar-refractivity contribution < 1.29 is 4.79 Å². The summed E-state index contributed by atoms with van der Waals surface area (Å²) >= 11 is 0. The zero-order valence-corrected chi connectivity index (χ0v) is 11.0. The number of carbonyl (C=O) groups is 1. The third-order valence-electron chi connectivity index (χ3n) is 4.23. The molecule has 0 aliphatic heterocycles. The van der Waals surface area contributed by atoms with Gasteiger partial charge in [-0.3, -0.25) is 4.79 Å². The largest absolute Gasteiger partial charge is 0.355 e. The molecule has 2 saturated carbocycles. The molecule has 0 aromatic carbocycles. The standard InChI is InChI=1S/C14H26N2O/c1-11(13-5-3-2-4-6-13)15-10-14(17)16-9-12-7-8-12/h11-13,15H,2-10H2,1H3,(H,16,17). The highest BCUT2D eigenvalue weighted by Gasteiger charge is 2.22. The fraction of sp³-hybridized carbons (Fsp3) is 0.929. The first-order chi connectivity index (χ1) is 8.25. The molecule has 3 heteroatoms. The summed E-state index contributed by atoms with van der Waals surface area (Å²) in [6.45, 7) is 3.60. The number of hydrogen-bond donors (Lipinski definition) is 2. The zero-order valence-electron chi connectivity index (χ0n) is 11.0. The first kappa shape index (κ1) is 12.9. The molecule has 2 N–H and O–H groups in total. The van der Waals surface area contributed by atoms with Crippen LogP contribution in [-0.2, 0) is 4.79 Å². The van der Waals surface area contributed by atoms with E-state index in [9.17, 15) is 4.79 Å². The lowest BCUT2D eigenvalue weighted by Crippen LogP contribution is -2.42. The van der Waals surface area contributed by atoms with Gasteiger partial charge in [0.15, 0.2) is 0 Å². The van der Waals surface area contributed by atoms with E-state index in [0.29, 0.717) is 12.6 Å². The van der Waals surface area contributed by atoms with Crippen molar-refractivity contribution in [1.82, 2.24) is 10.6 Å². The van der Waals surface area contributed by atoms with Crippen molar-refractivity contribution in [1.29, 1.82) is 0 Å². The minimum Gasteiger partial charge on any atom is -0.355 e. The Morgan fingerprint density at radius 3 is 2.53 bits per heavy atom. The first-order valence-electron chi connectivity index (χ1n) is 7.26. The van der Waals surface area contributed by atoms with Crippen molar-refractivity contribution >= 4 is 5.91 Å². The van der Waals surface area contributed by atoms with Crippen LogP contribution in [-0.4, -0.2) is 25.0 Å². The highest BCUT2D eigenvalue weighted by Crippen LogP contribution is 2.27. The molecule has 2 aliphatic rings. The molecule has 0 aromatic rings. The zero-order chi connectivity index (χ0) is 12.1. The molecular formula is C14H26N2O. The quantitative estimate of drug-likeness (QED) is 0.744. The number of rotatable bonds is 6. The van der Waals surface area contributed by atoms with Gasteiger partial charge < -0.3 is 10.6 Å². The van der Waals surface area contributed by atoms with Crippen molar-refractivity contribution in [3.63, 3.8) is 0 Å². The monoisotopic (exact) mass is 238 g/mol. The van der Waals surface area contributed by atoms with Crippen LogP contribution in [0.5, 0.6) is 0 Å². The number of amides is 1. The Bertz CT molecular complexity index is 245. The number of hydrogen-bond acceptors (Lipinski definition) is 2. The minimum absolute atomic E-state index is 0.166. The molecule has 17 heavy (non-hydrogen) atoms. The average molecular weight is 238 g/mol. The third kappa shape index (κ3) is 4.66. The van der Waals surface area contributed by atoms with E-state index >= 15 is 0 Å². The van der Waals surface area contributed by atoms with E-state index in [1.807, 2.05) is 0 Å². The highest BCUT2D eigenvalue weighted by atomic mass is 16.1. The summed E-state index contributed by atoms with van der Waals surface area (Å²) in [5.74, 6) is 1.72. The Balaban J connectivity index is 1.57. The molecule has 1 unspecified atom stereocenters. The van der Waals surface area contributed by atoms with E-state index in [2.05, 4.69) is 17.6 Å². The summed E-state index contributed by atoms with van der Waals surface area (Å²) in [6.07, 6.45) is 9.38. The van der Waals surface area contributed by atoms with Crippen LogP contribution >= 0.6 is 0 Å². The molecule has 0 aromatic heterocycles. The van der Waals surface area contributed by atoms with Gasteiger partial charge in [0.25, 0.3) is 0 Å². The lowest BCUT2D eigenvalue weighted by atomic mass is 9.84. The van der Waals surface area contributed by atoms with Crippen LogP contribution < -0.4 is 10.6 Å². The fourth-order valence-electron chi connectivity index (χ4n) is 2.70. The normalized spacial score (nSPS) is 23.4. The summed E-state index contributed by atoms with van der Waals surface area (Å²) in [5.41, 5.74) is 0. The van der Waals surface area contributed by atoms with Crippen LogP contribution in [0.3, 0.4) is 0 Å². The molecule has 98 valence electrons. The second-order valence-corrected chi connectivity index (χ2v) is 5.82. The Morgan fingerprint density at radius 2 is 1.88 bits per heavy atom. The van der Waals surface area contributed by atoms with E-state index in [-0.39, 0.29) is 5.91 Å². The molecule has 0 spiro atoms. The maximum absolute atomic E-state index is 11.6. The number of nitrogens with one attached hydrogen (secondary N) is 2. The molecule has 1 amide bonds. The van der Waals surface area contributed by atoms with Crippen molar-refractivity contribution in [2.45, 2.75) is 57.9 Å². The van der Waals surface area contributed by atoms with Crippen LogP contribution in [0, 0.1) is 11.8 Å². The predicted octanol–water partition coefficient (Wildman–Crippen LogP) is 2.07.